The van der Waals surface area contributed by atoms with E-state index in [2.05, 4.69) is 63.1 Å². The molecule has 0 aromatic carbocycles. The van der Waals surface area contributed by atoms with Crippen LogP contribution >= 0.6 is 15.9 Å². The van der Waals surface area contributed by atoms with Crippen molar-refractivity contribution in [3.8, 4) is 0 Å². The van der Waals surface area contributed by atoms with Crippen LogP contribution < -0.4 is 16.0 Å². The Morgan fingerprint density at radius 3 is 2.90 bits per heavy atom. The largest absolute Gasteiger partial charge is 0.400 e. The zero-order chi connectivity index (χ0) is 21.5. The third-order valence-electron chi connectivity index (χ3n) is 5.68. The smallest absolute Gasteiger partial charge is 0.145 e. The minimum absolute atomic E-state index is 0.478. The molecule has 3 heterocycles. The maximum Gasteiger partial charge on any atom is 0.145 e. The molecule has 0 bridgehead atoms. The van der Waals surface area contributed by atoms with Crippen LogP contribution in [0.4, 0.5) is 11.5 Å². The zero-order valence-electron chi connectivity index (χ0n) is 17.6. The number of aliphatic hydroxyl groups excluding tert-OH is 1. The molecule has 164 valence electrons. The Bertz CT molecular complexity index is 927. The summed E-state index contributed by atoms with van der Waals surface area (Å²) < 4.78 is 3.27. The van der Waals surface area contributed by atoms with Gasteiger partial charge in [-0.3, -0.25) is 5.10 Å². The first-order valence-electron chi connectivity index (χ1n) is 10.3. The van der Waals surface area contributed by atoms with Crippen LogP contribution in [0.5, 0.6) is 0 Å². The number of hydrogen-bond donors (Lipinski definition) is 4. The Kier molecular flexibility index (Phi) is 8.06. The molecular formula is C20H31BrN8O. The predicted molar refractivity (Wildman–Crippen MR) is 124 cm³/mol. The Morgan fingerprint density at radius 1 is 1.37 bits per heavy atom. The third-order valence-corrected chi connectivity index (χ3v) is 6.26. The molecule has 10 heteroatoms. The van der Waals surface area contributed by atoms with E-state index in [1.54, 1.807) is 6.33 Å². The molecular weight excluding hydrogens is 448 g/mol. The molecule has 30 heavy (non-hydrogen) atoms. The average Bonchev–Trinajstić information content (AvgIpc) is 3.51. The molecule has 1 saturated carbocycles. The fourth-order valence-corrected chi connectivity index (χ4v) is 4.78. The number of H-pyrrole nitrogens is 1. The van der Waals surface area contributed by atoms with E-state index >= 15 is 0 Å². The van der Waals surface area contributed by atoms with Gasteiger partial charge in [-0.05, 0) is 60.1 Å². The predicted octanol–water partition coefficient (Wildman–Crippen LogP) is 2.76. The highest BCUT2D eigenvalue weighted by molar-refractivity contribution is 9.10. The van der Waals surface area contributed by atoms with Crippen molar-refractivity contribution >= 4 is 38.5 Å². The van der Waals surface area contributed by atoms with E-state index in [1.807, 2.05) is 13.2 Å². The van der Waals surface area contributed by atoms with Gasteiger partial charge in [-0.1, -0.05) is 0 Å². The number of rotatable bonds is 8. The van der Waals surface area contributed by atoms with Gasteiger partial charge in [-0.15, -0.1) is 0 Å². The van der Waals surface area contributed by atoms with Crippen molar-refractivity contribution in [1.82, 2.24) is 24.7 Å². The van der Waals surface area contributed by atoms with Crippen LogP contribution in [0.15, 0.2) is 29.4 Å². The summed E-state index contributed by atoms with van der Waals surface area (Å²) in [6.07, 6.45) is 10.2. The minimum atomic E-state index is 0.478. The molecule has 0 saturated heterocycles. The summed E-state index contributed by atoms with van der Waals surface area (Å²) in [6.45, 7) is 2.66. The van der Waals surface area contributed by atoms with Crippen molar-refractivity contribution in [3.63, 3.8) is 0 Å². The number of nitrogens with two attached hydrogens (primary N) is 1. The van der Waals surface area contributed by atoms with Crippen LogP contribution in [0.25, 0.3) is 11.0 Å². The first-order chi connectivity index (χ1) is 14.7. The highest BCUT2D eigenvalue weighted by Gasteiger charge is 2.29. The fourth-order valence-electron chi connectivity index (χ4n) is 4.32. The Morgan fingerprint density at radius 2 is 2.20 bits per heavy atom. The van der Waals surface area contributed by atoms with Gasteiger partial charge in [0.15, 0.2) is 0 Å². The highest BCUT2D eigenvalue weighted by atomic mass is 79.9. The second-order valence-electron chi connectivity index (χ2n) is 7.42. The molecule has 0 spiro atoms. The van der Waals surface area contributed by atoms with Gasteiger partial charge in [0.05, 0.1) is 17.3 Å². The number of aromatic amines is 1. The second-order valence-corrected chi connectivity index (χ2v) is 8.22. The van der Waals surface area contributed by atoms with E-state index in [1.165, 1.54) is 12.8 Å². The van der Waals surface area contributed by atoms with E-state index in [0.717, 1.165) is 60.2 Å². The van der Waals surface area contributed by atoms with Crippen molar-refractivity contribution in [1.29, 1.82) is 0 Å². The van der Waals surface area contributed by atoms with Crippen molar-refractivity contribution in [2.45, 2.75) is 31.7 Å². The first-order valence-corrected chi connectivity index (χ1v) is 11.1. The van der Waals surface area contributed by atoms with Gasteiger partial charge in [0.1, 0.15) is 22.4 Å². The quantitative estimate of drug-likeness (QED) is 0.392. The molecule has 2 unspecified atom stereocenters. The van der Waals surface area contributed by atoms with E-state index in [4.69, 9.17) is 10.8 Å². The summed E-state index contributed by atoms with van der Waals surface area (Å²) in [5.74, 6) is 1.52. The van der Waals surface area contributed by atoms with Crippen molar-refractivity contribution < 1.29 is 5.11 Å². The number of fused-ring (bicyclic) bond motifs is 1. The molecule has 2 atom stereocenters. The zero-order valence-corrected chi connectivity index (χ0v) is 19.1. The molecule has 3 aromatic heterocycles. The number of hydrogen-bond acceptors (Lipinski definition) is 7. The molecule has 9 nitrogen and oxygen atoms in total. The van der Waals surface area contributed by atoms with E-state index in [-0.39, 0.29) is 0 Å². The summed E-state index contributed by atoms with van der Waals surface area (Å²) in [5, 5.41) is 18.4. The van der Waals surface area contributed by atoms with Crippen LogP contribution in [-0.2, 0) is 0 Å². The minimum Gasteiger partial charge on any atom is -0.400 e. The Hall–Kier alpha value is -2.17. The van der Waals surface area contributed by atoms with E-state index in [0.29, 0.717) is 18.5 Å². The van der Waals surface area contributed by atoms with Crippen molar-refractivity contribution in [2.75, 3.05) is 44.0 Å². The Balaban J connectivity index is 0.00000124. The average molecular weight is 479 g/mol. The molecule has 0 radical (unpaired) electrons. The number of nitrogens with one attached hydrogen (secondary N) is 2. The van der Waals surface area contributed by atoms with Crippen LogP contribution in [-0.4, -0.2) is 63.6 Å². The standard InChI is InChI=1S/C19H27BrN8.CH4O/c1-22-18-15-5-8-28(19(15)24-12-23-18)14-4-3-13(9-14)11-27(7-2-6-21)16-10-25-26-17(16)20;1-2/h5,8,10,12-14H,2-4,6-7,9,11,21H2,1H3,(H,25,26)(H,22,23,24);2H,1H3. The number of halogens is 1. The molecule has 1 aliphatic rings. The van der Waals surface area contributed by atoms with Gasteiger partial charge in [-0.2, -0.15) is 5.10 Å². The van der Waals surface area contributed by atoms with E-state index in [9.17, 15) is 0 Å². The van der Waals surface area contributed by atoms with Crippen LogP contribution in [0.1, 0.15) is 31.7 Å². The number of aromatic nitrogens is 5. The summed E-state index contributed by atoms with van der Waals surface area (Å²) in [6, 6.07) is 2.59. The number of aliphatic hydroxyl groups is 1. The van der Waals surface area contributed by atoms with Gasteiger partial charge < -0.3 is 25.6 Å². The fraction of sp³-hybridized carbons (Fsp3) is 0.550. The maximum absolute atomic E-state index is 7.00. The first kappa shape index (κ1) is 22.5. The summed E-state index contributed by atoms with van der Waals surface area (Å²) >= 11 is 3.58. The molecule has 5 N–H and O–H groups in total. The number of nitrogens with zero attached hydrogens (tertiary/aromatic N) is 5. The SMILES string of the molecule is CNc1ncnc2c1ccn2C1CCC(CN(CCCN)c2cn[nH]c2Br)C1.CO. The highest BCUT2D eigenvalue weighted by Crippen LogP contribution is 2.38. The van der Waals surface area contributed by atoms with Gasteiger partial charge >= 0.3 is 0 Å². The van der Waals surface area contributed by atoms with Gasteiger partial charge in [0, 0.05) is 39.5 Å². The lowest BCUT2D eigenvalue weighted by Crippen LogP contribution is -2.31. The van der Waals surface area contributed by atoms with Gasteiger partial charge in [-0.25, -0.2) is 9.97 Å². The summed E-state index contributed by atoms with van der Waals surface area (Å²) in [5.41, 5.74) is 7.89. The molecule has 0 amide bonds. The van der Waals surface area contributed by atoms with E-state index < -0.39 is 0 Å². The monoisotopic (exact) mass is 478 g/mol. The summed E-state index contributed by atoms with van der Waals surface area (Å²) in [7, 11) is 2.90. The molecule has 1 aliphatic carbocycles. The lowest BCUT2D eigenvalue weighted by atomic mass is 10.1. The summed E-state index contributed by atoms with van der Waals surface area (Å²) in [4.78, 5) is 11.3. The van der Waals surface area contributed by atoms with Gasteiger partial charge in [0.2, 0.25) is 0 Å². The van der Waals surface area contributed by atoms with Crippen molar-refractivity contribution in [3.05, 3.63) is 29.4 Å². The normalized spacial score (nSPS) is 18.3. The Labute approximate surface area is 185 Å². The molecule has 0 aliphatic heterocycles. The maximum atomic E-state index is 7.00. The topological polar surface area (TPSA) is 121 Å². The van der Waals surface area contributed by atoms with Crippen LogP contribution in [0, 0.1) is 5.92 Å². The molecule has 3 aromatic rings. The third kappa shape index (κ3) is 4.76. The number of anilines is 2. The lowest BCUT2D eigenvalue weighted by molar-refractivity contribution is 0.399. The lowest BCUT2D eigenvalue weighted by Gasteiger charge is -2.27. The van der Waals surface area contributed by atoms with Crippen LogP contribution in [0.3, 0.4) is 0 Å². The van der Waals surface area contributed by atoms with Gasteiger partial charge in [0.25, 0.3) is 0 Å². The van der Waals surface area contributed by atoms with Crippen molar-refractivity contribution in [2.24, 2.45) is 11.7 Å². The van der Waals surface area contributed by atoms with Crippen LogP contribution in [0.2, 0.25) is 0 Å². The molecule has 1 fully saturated rings. The molecule has 4 rings (SSSR count). The second kappa shape index (κ2) is 10.7.